The molecule has 0 saturated carbocycles. The Bertz CT molecular complexity index is 407. The first-order valence-corrected chi connectivity index (χ1v) is 6.75. The molecule has 19 heavy (non-hydrogen) atoms. The predicted molar refractivity (Wildman–Crippen MR) is 75.4 cm³/mol. The summed E-state index contributed by atoms with van der Waals surface area (Å²) in [6.07, 6.45) is 0.644. The molecule has 0 aliphatic carbocycles. The summed E-state index contributed by atoms with van der Waals surface area (Å²) >= 11 is 0. The number of carbonyl (C=O) groups excluding carboxylic acids is 1. The Morgan fingerprint density at radius 3 is 2.53 bits per heavy atom. The summed E-state index contributed by atoms with van der Waals surface area (Å²) < 4.78 is 13.4. The zero-order chi connectivity index (χ0) is 14.3. The molecule has 0 radical (unpaired) electrons. The topological polar surface area (TPSA) is 41.1 Å². The number of hydrogen-bond acceptors (Lipinski definition) is 2. The Balaban J connectivity index is 2.23. The van der Waals surface area contributed by atoms with E-state index in [0.717, 1.165) is 0 Å². The Morgan fingerprint density at radius 2 is 1.89 bits per heavy atom. The summed E-state index contributed by atoms with van der Waals surface area (Å²) in [5, 5.41) is 6.11. The fraction of sp³-hybridized carbons (Fsp3) is 0.533. The highest BCUT2D eigenvalue weighted by atomic mass is 19.1. The largest absolute Gasteiger partial charge is 0.355 e. The first-order valence-electron chi connectivity index (χ1n) is 6.75. The molecule has 4 heteroatoms. The van der Waals surface area contributed by atoms with Crippen LogP contribution >= 0.6 is 0 Å². The third kappa shape index (κ3) is 5.83. The van der Waals surface area contributed by atoms with Crippen molar-refractivity contribution in [3.63, 3.8) is 0 Å². The summed E-state index contributed by atoms with van der Waals surface area (Å²) in [6, 6.07) is 6.98. The molecule has 0 saturated heterocycles. The maximum Gasteiger partial charge on any atom is 0.222 e. The summed E-state index contributed by atoms with van der Waals surface area (Å²) in [7, 11) is 0. The van der Waals surface area contributed by atoms with Gasteiger partial charge in [0.1, 0.15) is 5.82 Å². The lowest BCUT2D eigenvalue weighted by molar-refractivity contribution is -0.123. The molecule has 0 aliphatic heterocycles. The van der Waals surface area contributed by atoms with Crippen LogP contribution in [0.4, 0.5) is 4.39 Å². The van der Waals surface area contributed by atoms with Gasteiger partial charge in [0, 0.05) is 25.0 Å². The summed E-state index contributed by atoms with van der Waals surface area (Å²) in [6.45, 7) is 7.02. The average Bonchev–Trinajstić information content (AvgIpc) is 2.37. The van der Waals surface area contributed by atoms with Crippen LogP contribution in [0, 0.1) is 11.7 Å². The molecule has 1 aromatic carbocycles. The molecule has 0 heterocycles. The second-order valence-corrected chi connectivity index (χ2v) is 5.10. The zero-order valence-electron chi connectivity index (χ0n) is 11.9. The van der Waals surface area contributed by atoms with Gasteiger partial charge in [-0.05, 0) is 25.0 Å². The van der Waals surface area contributed by atoms with Crippen LogP contribution in [0.2, 0.25) is 0 Å². The molecular weight excluding hydrogens is 243 g/mol. The lowest BCUT2D eigenvalue weighted by Gasteiger charge is -2.15. The van der Waals surface area contributed by atoms with Crippen LogP contribution < -0.4 is 10.6 Å². The van der Waals surface area contributed by atoms with E-state index in [-0.39, 0.29) is 23.7 Å². The van der Waals surface area contributed by atoms with Gasteiger partial charge in [0.05, 0.1) is 0 Å². The maximum atomic E-state index is 13.4. The van der Waals surface area contributed by atoms with Gasteiger partial charge < -0.3 is 10.6 Å². The molecule has 1 unspecified atom stereocenters. The van der Waals surface area contributed by atoms with Crippen molar-refractivity contribution in [3.8, 4) is 0 Å². The minimum Gasteiger partial charge on any atom is -0.355 e. The number of nitrogens with one attached hydrogen (secondary N) is 2. The lowest BCUT2D eigenvalue weighted by Crippen LogP contribution is -2.38. The van der Waals surface area contributed by atoms with E-state index >= 15 is 0 Å². The molecule has 0 bridgehead atoms. The van der Waals surface area contributed by atoms with Gasteiger partial charge in [-0.3, -0.25) is 4.79 Å². The second kappa shape index (κ2) is 7.89. The Kier molecular flexibility index (Phi) is 6.50. The SMILES string of the molecule is CC(Cc1ccccc1F)NCCNC(=O)C(C)C. The van der Waals surface area contributed by atoms with Crippen LogP contribution in [0.5, 0.6) is 0 Å². The van der Waals surface area contributed by atoms with Gasteiger partial charge in [-0.1, -0.05) is 32.0 Å². The number of hydrogen-bond donors (Lipinski definition) is 2. The van der Waals surface area contributed by atoms with E-state index in [4.69, 9.17) is 0 Å². The number of halogens is 1. The molecule has 1 atom stereocenters. The van der Waals surface area contributed by atoms with Crippen LogP contribution in [-0.4, -0.2) is 25.0 Å². The first kappa shape index (κ1) is 15.6. The van der Waals surface area contributed by atoms with E-state index in [1.165, 1.54) is 6.07 Å². The Hall–Kier alpha value is -1.42. The van der Waals surface area contributed by atoms with Crippen LogP contribution in [0.15, 0.2) is 24.3 Å². The quantitative estimate of drug-likeness (QED) is 0.742. The normalized spacial score (nSPS) is 12.5. The molecule has 0 aromatic heterocycles. The fourth-order valence-corrected chi connectivity index (χ4v) is 1.77. The fourth-order valence-electron chi connectivity index (χ4n) is 1.77. The molecular formula is C15H23FN2O. The second-order valence-electron chi connectivity index (χ2n) is 5.10. The highest BCUT2D eigenvalue weighted by Gasteiger charge is 2.08. The van der Waals surface area contributed by atoms with Crippen molar-refractivity contribution in [2.75, 3.05) is 13.1 Å². The standard InChI is InChI=1S/C15H23FN2O/c1-11(2)15(19)18-9-8-17-12(3)10-13-6-4-5-7-14(13)16/h4-7,11-12,17H,8-10H2,1-3H3,(H,18,19). The molecule has 0 fully saturated rings. The van der Waals surface area contributed by atoms with Crippen molar-refractivity contribution >= 4 is 5.91 Å². The van der Waals surface area contributed by atoms with Crippen molar-refractivity contribution in [3.05, 3.63) is 35.6 Å². The average molecular weight is 266 g/mol. The predicted octanol–water partition coefficient (Wildman–Crippen LogP) is 2.12. The van der Waals surface area contributed by atoms with E-state index < -0.39 is 0 Å². The minimum absolute atomic E-state index is 0.0100. The highest BCUT2D eigenvalue weighted by molar-refractivity contribution is 5.77. The van der Waals surface area contributed by atoms with Gasteiger partial charge in [0.2, 0.25) is 5.91 Å². The van der Waals surface area contributed by atoms with Gasteiger partial charge in [-0.2, -0.15) is 0 Å². The monoisotopic (exact) mass is 266 g/mol. The summed E-state index contributed by atoms with van der Waals surface area (Å²) in [4.78, 5) is 11.3. The van der Waals surface area contributed by atoms with Gasteiger partial charge in [-0.15, -0.1) is 0 Å². The van der Waals surface area contributed by atoms with E-state index in [0.29, 0.717) is 25.1 Å². The molecule has 3 nitrogen and oxygen atoms in total. The highest BCUT2D eigenvalue weighted by Crippen LogP contribution is 2.08. The van der Waals surface area contributed by atoms with Gasteiger partial charge in [0.25, 0.3) is 0 Å². The molecule has 0 spiro atoms. The Morgan fingerprint density at radius 1 is 1.21 bits per heavy atom. The third-order valence-electron chi connectivity index (χ3n) is 2.93. The van der Waals surface area contributed by atoms with Crippen LogP contribution in [0.3, 0.4) is 0 Å². The minimum atomic E-state index is -0.163. The van der Waals surface area contributed by atoms with Crippen molar-refractivity contribution in [1.29, 1.82) is 0 Å². The van der Waals surface area contributed by atoms with Crippen LogP contribution in [0.25, 0.3) is 0 Å². The van der Waals surface area contributed by atoms with E-state index in [2.05, 4.69) is 10.6 Å². The van der Waals surface area contributed by atoms with Gasteiger partial charge in [-0.25, -0.2) is 4.39 Å². The Labute approximate surface area is 114 Å². The van der Waals surface area contributed by atoms with Gasteiger partial charge >= 0.3 is 0 Å². The van der Waals surface area contributed by atoms with E-state index in [1.807, 2.05) is 26.8 Å². The molecule has 106 valence electrons. The third-order valence-corrected chi connectivity index (χ3v) is 2.93. The number of rotatable bonds is 7. The van der Waals surface area contributed by atoms with E-state index in [1.54, 1.807) is 12.1 Å². The molecule has 1 rings (SSSR count). The first-order chi connectivity index (χ1) is 9.00. The van der Waals surface area contributed by atoms with Gasteiger partial charge in [0.15, 0.2) is 0 Å². The van der Waals surface area contributed by atoms with Crippen molar-refractivity contribution < 1.29 is 9.18 Å². The summed E-state index contributed by atoms with van der Waals surface area (Å²) in [5.41, 5.74) is 0.716. The summed E-state index contributed by atoms with van der Waals surface area (Å²) in [5.74, 6) is -0.0938. The molecule has 1 aromatic rings. The number of carbonyl (C=O) groups is 1. The van der Waals surface area contributed by atoms with Crippen molar-refractivity contribution in [2.45, 2.75) is 33.2 Å². The lowest BCUT2D eigenvalue weighted by atomic mass is 10.1. The maximum absolute atomic E-state index is 13.4. The van der Waals surface area contributed by atoms with Crippen molar-refractivity contribution in [2.24, 2.45) is 5.92 Å². The smallest absolute Gasteiger partial charge is 0.222 e. The number of benzene rings is 1. The van der Waals surface area contributed by atoms with E-state index in [9.17, 15) is 9.18 Å². The van der Waals surface area contributed by atoms with Crippen molar-refractivity contribution in [1.82, 2.24) is 10.6 Å². The zero-order valence-corrected chi connectivity index (χ0v) is 11.9. The molecule has 2 N–H and O–H groups in total. The molecule has 0 aliphatic rings. The van der Waals surface area contributed by atoms with Crippen LogP contribution in [-0.2, 0) is 11.2 Å². The van der Waals surface area contributed by atoms with Crippen LogP contribution in [0.1, 0.15) is 26.3 Å². The number of amides is 1. The molecule has 1 amide bonds.